The Morgan fingerprint density at radius 1 is 1.24 bits per heavy atom. The van der Waals surface area contributed by atoms with Crippen molar-refractivity contribution in [1.29, 1.82) is 0 Å². The second kappa shape index (κ2) is 7.01. The summed E-state index contributed by atoms with van der Waals surface area (Å²) < 4.78 is 10.4. The van der Waals surface area contributed by atoms with Crippen molar-refractivity contribution in [2.24, 2.45) is 0 Å². The highest BCUT2D eigenvalue weighted by molar-refractivity contribution is 6.05. The Balaban J connectivity index is 0.00000110. The first-order valence-electron chi connectivity index (χ1n) is 5.64. The number of ether oxygens (including phenoxy) is 2. The molecule has 0 saturated carbocycles. The Bertz CT molecular complexity index is 638. The number of fused-ring (bicyclic) bond motifs is 1. The van der Waals surface area contributed by atoms with Crippen LogP contribution in [0.15, 0.2) is 36.7 Å². The van der Waals surface area contributed by atoms with Crippen LogP contribution in [0.3, 0.4) is 0 Å². The van der Waals surface area contributed by atoms with Crippen LogP contribution in [0.5, 0.6) is 11.5 Å². The number of pyridine rings is 1. The van der Waals surface area contributed by atoms with Crippen molar-refractivity contribution < 1.29 is 14.3 Å². The van der Waals surface area contributed by atoms with Crippen molar-refractivity contribution in [1.82, 2.24) is 4.98 Å². The van der Waals surface area contributed by atoms with E-state index in [9.17, 15) is 4.79 Å². The lowest BCUT2D eigenvalue weighted by molar-refractivity contribution is 0.102. The number of carbonyl (C=O) groups excluding carboxylic acids is 1. The normalized spacial score (nSPS) is 11.0. The number of nitrogens with one attached hydrogen (secondary N) is 1. The fourth-order valence-electron chi connectivity index (χ4n) is 1.76. The average molecular weight is 330 g/mol. The highest BCUT2D eigenvalue weighted by Gasteiger charge is 2.17. The fourth-order valence-corrected chi connectivity index (χ4v) is 1.76. The molecule has 1 aromatic carbocycles. The number of nitrogens with zero attached hydrogens (tertiary/aromatic N) is 1. The summed E-state index contributed by atoms with van der Waals surface area (Å²) >= 11 is 0. The molecule has 112 valence electrons. The number of benzene rings is 1. The third-order valence-corrected chi connectivity index (χ3v) is 2.72. The van der Waals surface area contributed by atoms with Crippen LogP contribution in [0.25, 0.3) is 0 Å². The zero-order valence-corrected chi connectivity index (χ0v) is 12.4. The molecule has 21 heavy (non-hydrogen) atoms. The molecule has 0 radical (unpaired) electrons. The number of nitrogen functional groups attached to an aromatic ring is 1. The van der Waals surface area contributed by atoms with Crippen molar-refractivity contribution in [2.75, 3.05) is 17.8 Å². The molecule has 0 atom stereocenters. The molecule has 8 heteroatoms. The van der Waals surface area contributed by atoms with Crippen LogP contribution in [-0.2, 0) is 0 Å². The standard InChI is InChI=1S/C13H11N3O3.2ClH/c14-9-4-11-12(19-7-18-11)5-10(9)16-13(17)8-2-1-3-15-6-8;;/h1-6H,7,14H2,(H,16,17);2*1H. The molecule has 1 aliphatic heterocycles. The third-order valence-electron chi connectivity index (χ3n) is 2.72. The highest BCUT2D eigenvalue weighted by Crippen LogP contribution is 2.38. The fraction of sp³-hybridized carbons (Fsp3) is 0.0769. The topological polar surface area (TPSA) is 86.5 Å². The van der Waals surface area contributed by atoms with Gasteiger partial charge in [-0.05, 0) is 12.1 Å². The summed E-state index contributed by atoms with van der Waals surface area (Å²) in [6.07, 6.45) is 3.09. The number of halogens is 2. The SMILES string of the molecule is Cl.Cl.Nc1cc2c(cc1NC(=O)c1cccnc1)OCO2. The number of nitrogens with two attached hydrogens (primary N) is 1. The van der Waals surface area contributed by atoms with Gasteiger partial charge in [-0.15, -0.1) is 24.8 Å². The molecule has 1 aromatic heterocycles. The van der Waals surface area contributed by atoms with Crippen LogP contribution in [0.2, 0.25) is 0 Å². The van der Waals surface area contributed by atoms with Crippen LogP contribution in [-0.4, -0.2) is 17.7 Å². The predicted octanol–water partition coefficient (Wildman–Crippen LogP) is 2.49. The van der Waals surface area contributed by atoms with Crippen molar-refractivity contribution in [3.63, 3.8) is 0 Å². The van der Waals surface area contributed by atoms with Crippen molar-refractivity contribution >= 4 is 42.1 Å². The maximum absolute atomic E-state index is 12.0. The van der Waals surface area contributed by atoms with Gasteiger partial charge in [0.25, 0.3) is 5.91 Å². The Labute approximate surface area is 133 Å². The molecule has 0 saturated heterocycles. The zero-order valence-electron chi connectivity index (χ0n) is 10.7. The van der Waals surface area contributed by atoms with E-state index in [0.717, 1.165) is 0 Å². The first kappa shape index (κ1) is 16.9. The van der Waals surface area contributed by atoms with Crippen LogP contribution >= 0.6 is 24.8 Å². The van der Waals surface area contributed by atoms with E-state index in [2.05, 4.69) is 10.3 Å². The maximum atomic E-state index is 12.0. The Morgan fingerprint density at radius 3 is 2.62 bits per heavy atom. The first-order valence-corrected chi connectivity index (χ1v) is 5.64. The molecule has 3 N–H and O–H groups in total. The quantitative estimate of drug-likeness (QED) is 0.826. The minimum Gasteiger partial charge on any atom is -0.454 e. The van der Waals surface area contributed by atoms with E-state index < -0.39 is 0 Å². The lowest BCUT2D eigenvalue weighted by atomic mass is 10.2. The van der Waals surface area contributed by atoms with Gasteiger partial charge in [-0.25, -0.2) is 0 Å². The molecule has 2 heterocycles. The summed E-state index contributed by atoms with van der Waals surface area (Å²) in [5, 5.41) is 2.72. The molecular formula is C13H13Cl2N3O3. The van der Waals surface area contributed by atoms with Crippen LogP contribution in [0.1, 0.15) is 10.4 Å². The lowest BCUT2D eigenvalue weighted by Gasteiger charge is -2.09. The molecule has 0 aliphatic carbocycles. The second-order valence-electron chi connectivity index (χ2n) is 3.99. The average Bonchev–Trinajstić information content (AvgIpc) is 2.87. The maximum Gasteiger partial charge on any atom is 0.257 e. The molecule has 0 spiro atoms. The largest absolute Gasteiger partial charge is 0.454 e. The van der Waals surface area contributed by atoms with Crippen molar-refractivity contribution in [2.45, 2.75) is 0 Å². The monoisotopic (exact) mass is 329 g/mol. The Morgan fingerprint density at radius 2 is 1.95 bits per heavy atom. The molecule has 0 bridgehead atoms. The van der Waals surface area contributed by atoms with Crippen LogP contribution in [0, 0.1) is 0 Å². The van der Waals surface area contributed by atoms with Gasteiger partial charge in [-0.2, -0.15) is 0 Å². The molecule has 1 aliphatic rings. The van der Waals surface area contributed by atoms with Crippen molar-refractivity contribution in [3.8, 4) is 11.5 Å². The van der Waals surface area contributed by atoms with Gasteiger partial charge in [0.05, 0.1) is 16.9 Å². The van der Waals surface area contributed by atoms with E-state index in [-0.39, 0.29) is 37.5 Å². The highest BCUT2D eigenvalue weighted by atomic mass is 35.5. The third kappa shape index (κ3) is 3.48. The molecule has 0 fully saturated rings. The summed E-state index contributed by atoms with van der Waals surface area (Å²) in [6, 6.07) is 6.64. The van der Waals surface area contributed by atoms with Gasteiger partial charge in [0, 0.05) is 24.5 Å². The molecular weight excluding hydrogens is 317 g/mol. The van der Waals surface area contributed by atoms with Gasteiger partial charge in [-0.1, -0.05) is 0 Å². The Hall–Kier alpha value is -2.18. The predicted molar refractivity (Wildman–Crippen MR) is 83.7 cm³/mol. The van der Waals surface area contributed by atoms with E-state index in [0.29, 0.717) is 28.4 Å². The summed E-state index contributed by atoms with van der Waals surface area (Å²) in [4.78, 5) is 15.9. The molecule has 2 aromatic rings. The second-order valence-corrected chi connectivity index (χ2v) is 3.99. The van der Waals surface area contributed by atoms with E-state index in [1.165, 1.54) is 6.20 Å². The zero-order chi connectivity index (χ0) is 13.2. The molecule has 1 amide bonds. The van der Waals surface area contributed by atoms with E-state index in [4.69, 9.17) is 15.2 Å². The number of carbonyl (C=O) groups is 1. The van der Waals surface area contributed by atoms with Gasteiger partial charge < -0.3 is 20.5 Å². The molecule has 6 nitrogen and oxygen atoms in total. The van der Waals surface area contributed by atoms with Gasteiger partial charge in [0.1, 0.15) is 0 Å². The summed E-state index contributed by atoms with van der Waals surface area (Å²) in [5.74, 6) is 0.867. The summed E-state index contributed by atoms with van der Waals surface area (Å²) in [6.45, 7) is 0.161. The minimum absolute atomic E-state index is 0. The van der Waals surface area contributed by atoms with E-state index >= 15 is 0 Å². The number of hydrogen-bond acceptors (Lipinski definition) is 5. The molecule has 3 rings (SSSR count). The number of amides is 1. The Kier molecular flexibility index (Phi) is 5.63. The van der Waals surface area contributed by atoms with E-state index in [1.807, 2.05) is 0 Å². The van der Waals surface area contributed by atoms with Gasteiger partial charge >= 0.3 is 0 Å². The number of anilines is 2. The minimum atomic E-state index is -0.279. The van der Waals surface area contributed by atoms with Crippen molar-refractivity contribution in [3.05, 3.63) is 42.2 Å². The number of rotatable bonds is 2. The van der Waals surface area contributed by atoms with Crippen LogP contribution in [0.4, 0.5) is 11.4 Å². The number of hydrogen-bond donors (Lipinski definition) is 2. The van der Waals surface area contributed by atoms with Crippen LogP contribution < -0.4 is 20.5 Å². The number of aromatic nitrogens is 1. The van der Waals surface area contributed by atoms with Gasteiger partial charge in [0.15, 0.2) is 11.5 Å². The summed E-state index contributed by atoms with van der Waals surface area (Å²) in [5.41, 5.74) is 7.21. The first-order chi connectivity index (χ1) is 9.24. The lowest BCUT2D eigenvalue weighted by Crippen LogP contribution is -2.13. The van der Waals surface area contributed by atoms with E-state index in [1.54, 1.807) is 30.5 Å². The summed E-state index contributed by atoms with van der Waals surface area (Å²) in [7, 11) is 0. The molecule has 0 unspecified atom stereocenters. The van der Waals surface area contributed by atoms with Gasteiger partial charge in [-0.3, -0.25) is 9.78 Å². The smallest absolute Gasteiger partial charge is 0.257 e. The van der Waals surface area contributed by atoms with Gasteiger partial charge in [0.2, 0.25) is 6.79 Å².